The highest BCUT2D eigenvalue weighted by atomic mass is 16.1. The first kappa shape index (κ1) is 14.3. The van der Waals surface area contributed by atoms with Gasteiger partial charge in [-0.05, 0) is 18.6 Å². The lowest BCUT2D eigenvalue weighted by atomic mass is 9.59. The van der Waals surface area contributed by atoms with Crippen LogP contribution in [0, 0.1) is 10.8 Å². The second-order valence-electron chi connectivity index (χ2n) is 7.71. The molecule has 0 aromatic carbocycles. The number of hydrogen-bond acceptors (Lipinski definition) is 4. The molecule has 0 saturated carbocycles. The monoisotopic (exact) mass is 299 g/mol. The van der Waals surface area contributed by atoms with E-state index in [1.54, 1.807) is 0 Å². The van der Waals surface area contributed by atoms with Gasteiger partial charge in [-0.15, -0.1) is 0 Å². The fourth-order valence-corrected chi connectivity index (χ4v) is 5.08. The highest BCUT2D eigenvalue weighted by Crippen LogP contribution is 2.53. The smallest absolute Gasteiger partial charge is 0.150 e. The molecule has 1 aromatic rings. The molecule has 4 nitrogen and oxygen atoms in total. The van der Waals surface area contributed by atoms with Crippen LogP contribution in [0.1, 0.15) is 45.0 Å². The van der Waals surface area contributed by atoms with Gasteiger partial charge in [0.15, 0.2) is 0 Å². The normalized spacial score (nSPS) is 42.8. The summed E-state index contributed by atoms with van der Waals surface area (Å²) < 4.78 is 0. The Morgan fingerprint density at radius 3 is 2.55 bits per heavy atom. The summed E-state index contributed by atoms with van der Waals surface area (Å²) >= 11 is 0. The number of piperidine rings is 2. The van der Waals surface area contributed by atoms with Gasteiger partial charge < -0.3 is 0 Å². The molecule has 0 N–H and O–H groups in total. The van der Waals surface area contributed by atoms with Crippen LogP contribution in [0.3, 0.4) is 0 Å². The van der Waals surface area contributed by atoms with Crippen LogP contribution in [0.4, 0.5) is 0 Å². The van der Waals surface area contributed by atoms with Gasteiger partial charge in [0, 0.05) is 32.4 Å². The predicted octanol–water partition coefficient (Wildman–Crippen LogP) is 2.48. The molecule has 0 radical (unpaired) electrons. The van der Waals surface area contributed by atoms with E-state index < -0.39 is 0 Å². The van der Waals surface area contributed by atoms with Gasteiger partial charge in [-0.25, -0.2) is 0 Å². The van der Waals surface area contributed by atoms with E-state index in [1.165, 1.54) is 0 Å². The van der Waals surface area contributed by atoms with Crippen LogP contribution in [-0.4, -0.2) is 46.7 Å². The summed E-state index contributed by atoms with van der Waals surface area (Å²) in [7, 11) is 0. The number of unbranched alkanes of at least 4 members (excludes halogenated alkanes) is 1. The van der Waals surface area contributed by atoms with Crippen molar-refractivity contribution in [1.82, 2.24) is 14.8 Å². The molecule has 118 valence electrons. The average molecular weight is 299 g/mol. The Hall–Kier alpha value is -1.26. The highest BCUT2D eigenvalue weighted by Gasteiger charge is 2.63. The van der Waals surface area contributed by atoms with Gasteiger partial charge in [-0.1, -0.05) is 32.8 Å². The lowest BCUT2D eigenvalue weighted by molar-refractivity contribution is -0.202. The zero-order chi connectivity index (χ0) is 15.4. The predicted molar refractivity (Wildman–Crippen MR) is 85.2 cm³/mol. The molecule has 4 saturated heterocycles. The number of Topliss-reactive ketones (excluding diaryl/α,β-unsaturated/α-hetero) is 1. The molecular weight excluding hydrogens is 274 g/mol. The molecule has 4 fully saturated rings. The number of rotatable bonds is 4. The molecule has 5 heterocycles. The molecule has 0 aliphatic carbocycles. The fourth-order valence-electron chi connectivity index (χ4n) is 5.08. The Balaban J connectivity index is 1.69. The summed E-state index contributed by atoms with van der Waals surface area (Å²) in [5.41, 5.74) is 0.810. The van der Waals surface area contributed by atoms with Gasteiger partial charge in [-0.3, -0.25) is 19.6 Å². The number of carbonyl (C=O) groups is 1. The molecule has 4 aliphatic rings. The summed E-state index contributed by atoms with van der Waals surface area (Å²) in [5, 5.41) is 0. The van der Waals surface area contributed by atoms with E-state index in [0.717, 1.165) is 51.1 Å². The summed E-state index contributed by atoms with van der Waals surface area (Å²) in [4.78, 5) is 22.7. The molecule has 22 heavy (non-hydrogen) atoms. The molecule has 0 amide bonds. The molecule has 4 aliphatic heterocycles. The van der Waals surface area contributed by atoms with Crippen molar-refractivity contribution in [2.45, 2.75) is 39.3 Å². The third kappa shape index (κ3) is 1.90. The Kier molecular flexibility index (Phi) is 3.17. The Morgan fingerprint density at radius 1 is 1.23 bits per heavy atom. The first-order chi connectivity index (χ1) is 10.6. The fraction of sp³-hybridized carbons (Fsp3) is 0.667. The lowest BCUT2D eigenvalue weighted by Crippen LogP contribution is -2.76. The maximum atomic E-state index is 13.1. The molecule has 2 unspecified atom stereocenters. The van der Waals surface area contributed by atoms with E-state index in [1.807, 2.05) is 12.3 Å². The largest absolute Gasteiger partial charge is 0.298 e. The first-order valence-electron chi connectivity index (χ1n) is 8.52. The summed E-state index contributed by atoms with van der Waals surface area (Å²) in [6.07, 6.45) is 5.49. The summed E-state index contributed by atoms with van der Waals surface area (Å²) in [5.74, 6) is 0.528. The van der Waals surface area contributed by atoms with E-state index >= 15 is 0 Å². The van der Waals surface area contributed by atoms with Crippen LogP contribution in [0.2, 0.25) is 0 Å². The van der Waals surface area contributed by atoms with Crippen LogP contribution in [0.5, 0.6) is 0 Å². The molecule has 1 aromatic heterocycles. The van der Waals surface area contributed by atoms with Crippen LogP contribution < -0.4 is 0 Å². The van der Waals surface area contributed by atoms with Crippen molar-refractivity contribution < 1.29 is 4.79 Å². The number of carbonyl (C=O) groups excluding carboxylic acids is 1. The highest BCUT2D eigenvalue weighted by molar-refractivity contribution is 5.93. The third-order valence-electron chi connectivity index (χ3n) is 5.80. The lowest BCUT2D eigenvalue weighted by Gasteiger charge is -2.65. The van der Waals surface area contributed by atoms with Gasteiger partial charge in [0.05, 0.1) is 16.5 Å². The minimum absolute atomic E-state index is 0.132. The average Bonchev–Trinajstić information content (AvgIpc) is 2.50. The molecule has 0 spiro atoms. The summed E-state index contributed by atoms with van der Waals surface area (Å²) in [6, 6.07) is 6.16. The molecule has 4 bridgehead atoms. The van der Waals surface area contributed by atoms with E-state index in [-0.39, 0.29) is 17.0 Å². The van der Waals surface area contributed by atoms with Crippen molar-refractivity contribution in [2.24, 2.45) is 10.8 Å². The van der Waals surface area contributed by atoms with Gasteiger partial charge >= 0.3 is 0 Å². The van der Waals surface area contributed by atoms with Crippen molar-refractivity contribution in [3.8, 4) is 0 Å². The van der Waals surface area contributed by atoms with Crippen LogP contribution in [0.15, 0.2) is 24.4 Å². The van der Waals surface area contributed by atoms with E-state index in [0.29, 0.717) is 5.78 Å². The molecule has 4 heteroatoms. The molecular formula is C18H25N3O. The van der Waals surface area contributed by atoms with Crippen molar-refractivity contribution in [3.05, 3.63) is 30.1 Å². The second-order valence-corrected chi connectivity index (χ2v) is 7.71. The van der Waals surface area contributed by atoms with E-state index in [9.17, 15) is 4.79 Å². The Morgan fingerprint density at radius 2 is 1.95 bits per heavy atom. The number of ketones is 1. The van der Waals surface area contributed by atoms with Crippen molar-refractivity contribution in [3.63, 3.8) is 0 Å². The SMILES string of the molecule is CCCCC12CN3CC(C)(CN(C1)C3c1ccccn1)C2=O. The molecule has 5 rings (SSSR count). The van der Waals surface area contributed by atoms with Crippen molar-refractivity contribution in [2.75, 3.05) is 26.2 Å². The Bertz CT molecular complexity index is 569. The minimum Gasteiger partial charge on any atom is -0.298 e. The first-order valence-corrected chi connectivity index (χ1v) is 8.52. The topological polar surface area (TPSA) is 36.4 Å². The van der Waals surface area contributed by atoms with Crippen LogP contribution >= 0.6 is 0 Å². The standard InChI is InChI=1S/C18H25N3O/c1-3-4-8-18-12-20-10-17(2,16(18)22)11-21(13-18)15(20)14-7-5-6-9-19-14/h5-7,9,15H,3-4,8,10-13H2,1-2H3. The van der Waals surface area contributed by atoms with Crippen molar-refractivity contribution >= 4 is 5.78 Å². The quantitative estimate of drug-likeness (QED) is 0.856. The van der Waals surface area contributed by atoms with Crippen LogP contribution in [-0.2, 0) is 4.79 Å². The van der Waals surface area contributed by atoms with Crippen molar-refractivity contribution in [1.29, 1.82) is 0 Å². The molecule has 2 atom stereocenters. The Labute approximate surface area is 132 Å². The number of pyridine rings is 1. The number of hydrogen-bond donors (Lipinski definition) is 0. The van der Waals surface area contributed by atoms with Gasteiger partial charge in [0.25, 0.3) is 0 Å². The van der Waals surface area contributed by atoms with Crippen LogP contribution in [0.25, 0.3) is 0 Å². The minimum atomic E-state index is -0.185. The summed E-state index contributed by atoms with van der Waals surface area (Å²) in [6.45, 7) is 7.99. The number of nitrogens with zero attached hydrogens (tertiary/aromatic N) is 3. The zero-order valence-electron chi connectivity index (χ0n) is 13.6. The number of aromatic nitrogens is 1. The maximum absolute atomic E-state index is 13.1. The van der Waals surface area contributed by atoms with E-state index in [2.05, 4.69) is 40.8 Å². The van der Waals surface area contributed by atoms with Gasteiger partial charge in [0.1, 0.15) is 11.9 Å². The van der Waals surface area contributed by atoms with Gasteiger partial charge in [0.2, 0.25) is 0 Å². The third-order valence-corrected chi connectivity index (χ3v) is 5.80. The van der Waals surface area contributed by atoms with Gasteiger partial charge in [-0.2, -0.15) is 0 Å². The second kappa shape index (κ2) is 4.87. The maximum Gasteiger partial charge on any atom is 0.150 e. The zero-order valence-corrected chi connectivity index (χ0v) is 13.6. The van der Waals surface area contributed by atoms with E-state index in [4.69, 9.17) is 0 Å².